The minimum Gasteiger partial charge on any atom is -0.457 e. The smallest absolute Gasteiger partial charge is 0.418 e. The number of carbonyl (C=O) groups excluding carboxylic acids is 1. The van der Waals surface area contributed by atoms with Gasteiger partial charge in [0.05, 0.1) is 11.3 Å². The van der Waals surface area contributed by atoms with Gasteiger partial charge in [-0.05, 0) is 48.5 Å². The maximum absolute atomic E-state index is 13.0. The fraction of sp³-hybridized carbons (Fsp3) is 0.0500. The second-order valence-electron chi connectivity index (χ2n) is 5.56. The molecule has 0 aliphatic carbocycles. The molecule has 0 spiro atoms. The molecule has 138 valence electrons. The number of carbonyl (C=O) groups is 1. The lowest BCUT2D eigenvalue weighted by Gasteiger charge is -2.14. The molecule has 0 heterocycles. The fourth-order valence-electron chi connectivity index (χ4n) is 2.35. The van der Waals surface area contributed by atoms with Gasteiger partial charge in [0.1, 0.15) is 11.5 Å². The summed E-state index contributed by atoms with van der Waals surface area (Å²) in [5.74, 6) is 1.23. The highest BCUT2D eigenvalue weighted by Gasteiger charge is 2.33. The molecule has 0 atom stereocenters. The van der Waals surface area contributed by atoms with E-state index in [-0.39, 0.29) is 5.69 Å². The van der Waals surface area contributed by atoms with Gasteiger partial charge in [-0.3, -0.25) is 0 Å². The monoisotopic (exact) mass is 372 g/mol. The summed E-state index contributed by atoms with van der Waals surface area (Å²) in [6.07, 6.45) is -4.56. The molecule has 0 radical (unpaired) electrons. The molecule has 4 nitrogen and oxygen atoms in total. The Balaban J connectivity index is 1.63. The van der Waals surface area contributed by atoms with Crippen LogP contribution in [0.1, 0.15) is 5.56 Å². The number of ether oxygens (including phenoxy) is 1. The molecule has 2 N–H and O–H groups in total. The molecule has 0 saturated heterocycles. The zero-order chi connectivity index (χ0) is 19.3. The van der Waals surface area contributed by atoms with Crippen molar-refractivity contribution in [3.05, 3.63) is 84.4 Å². The first-order valence-electron chi connectivity index (χ1n) is 7.99. The Morgan fingerprint density at radius 1 is 0.741 bits per heavy atom. The van der Waals surface area contributed by atoms with Crippen LogP contribution < -0.4 is 15.4 Å². The summed E-state index contributed by atoms with van der Waals surface area (Å²) >= 11 is 0. The van der Waals surface area contributed by atoms with Crippen molar-refractivity contribution < 1.29 is 22.7 Å². The normalized spacial score (nSPS) is 10.9. The van der Waals surface area contributed by atoms with Crippen molar-refractivity contribution in [3.8, 4) is 11.5 Å². The van der Waals surface area contributed by atoms with Gasteiger partial charge in [0.25, 0.3) is 0 Å². The summed E-state index contributed by atoms with van der Waals surface area (Å²) in [7, 11) is 0. The van der Waals surface area contributed by atoms with Crippen molar-refractivity contribution in [1.82, 2.24) is 0 Å². The maximum Gasteiger partial charge on any atom is 0.418 e. The summed E-state index contributed by atoms with van der Waals surface area (Å²) in [4.78, 5) is 12.0. The van der Waals surface area contributed by atoms with Crippen LogP contribution in [0.4, 0.5) is 29.3 Å². The van der Waals surface area contributed by atoms with E-state index in [9.17, 15) is 18.0 Å². The highest BCUT2D eigenvalue weighted by atomic mass is 19.4. The van der Waals surface area contributed by atoms with Gasteiger partial charge in [-0.25, -0.2) is 4.79 Å². The molecule has 3 aromatic carbocycles. The van der Waals surface area contributed by atoms with Crippen LogP contribution in [0, 0.1) is 0 Å². The minimum atomic E-state index is -4.56. The van der Waals surface area contributed by atoms with Gasteiger partial charge >= 0.3 is 12.2 Å². The van der Waals surface area contributed by atoms with Gasteiger partial charge < -0.3 is 15.4 Å². The minimum absolute atomic E-state index is 0.313. The predicted octanol–water partition coefficient (Wildman–Crippen LogP) is 6.14. The van der Waals surface area contributed by atoms with Crippen LogP contribution in [-0.4, -0.2) is 6.03 Å². The molecule has 0 saturated carbocycles. The second kappa shape index (κ2) is 7.82. The SMILES string of the molecule is O=C(Nc1ccc(Oc2ccccc2)cc1)Nc1ccccc1C(F)(F)F. The topological polar surface area (TPSA) is 50.4 Å². The molecule has 0 fully saturated rings. The quantitative estimate of drug-likeness (QED) is 0.578. The van der Waals surface area contributed by atoms with Crippen molar-refractivity contribution in [2.75, 3.05) is 10.6 Å². The molecule has 7 heteroatoms. The van der Waals surface area contributed by atoms with Crippen molar-refractivity contribution in [2.45, 2.75) is 6.18 Å². The van der Waals surface area contributed by atoms with Crippen LogP contribution in [0.2, 0.25) is 0 Å². The Kier molecular flexibility index (Phi) is 5.30. The van der Waals surface area contributed by atoms with Gasteiger partial charge in [0, 0.05) is 5.69 Å². The molecule has 0 aliphatic heterocycles. The molecule has 0 unspecified atom stereocenters. The molecular weight excluding hydrogens is 357 g/mol. The van der Waals surface area contributed by atoms with E-state index in [0.717, 1.165) is 6.07 Å². The van der Waals surface area contributed by atoms with Crippen LogP contribution >= 0.6 is 0 Å². The number of anilines is 2. The first kappa shape index (κ1) is 18.3. The van der Waals surface area contributed by atoms with Gasteiger partial charge in [0.15, 0.2) is 0 Å². The molecular formula is C20H15F3N2O2. The number of halogens is 3. The van der Waals surface area contributed by atoms with Crippen molar-refractivity contribution in [2.24, 2.45) is 0 Å². The van der Waals surface area contributed by atoms with E-state index in [1.807, 2.05) is 18.2 Å². The number of para-hydroxylation sites is 2. The summed E-state index contributed by atoms with van der Waals surface area (Å²) in [6.45, 7) is 0. The van der Waals surface area contributed by atoms with Crippen LogP contribution in [0.25, 0.3) is 0 Å². The van der Waals surface area contributed by atoms with Crippen molar-refractivity contribution >= 4 is 17.4 Å². The van der Waals surface area contributed by atoms with Gasteiger partial charge in [-0.15, -0.1) is 0 Å². The largest absolute Gasteiger partial charge is 0.457 e. The third-order valence-corrected chi connectivity index (χ3v) is 3.57. The Hall–Kier alpha value is -3.48. The first-order chi connectivity index (χ1) is 12.9. The fourth-order valence-corrected chi connectivity index (χ4v) is 2.35. The summed E-state index contributed by atoms with van der Waals surface area (Å²) < 4.78 is 44.5. The van der Waals surface area contributed by atoms with Crippen LogP contribution in [0.15, 0.2) is 78.9 Å². The number of urea groups is 1. The van der Waals surface area contributed by atoms with Crippen LogP contribution in [0.5, 0.6) is 11.5 Å². The first-order valence-corrected chi connectivity index (χ1v) is 7.99. The summed E-state index contributed by atoms with van der Waals surface area (Å²) in [5, 5.41) is 4.71. The Morgan fingerprint density at radius 2 is 1.33 bits per heavy atom. The summed E-state index contributed by atoms with van der Waals surface area (Å²) in [6, 6.07) is 19.6. The van der Waals surface area contributed by atoms with E-state index in [1.165, 1.54) is 18.2 Å². The molecule has 3 aromatic rings. The molecule has 27 heavy (non-hydrogen) atoms. The van der Waals surface area contributed by atoms with E-state index in [2.05, 4.69) is 10.6 Å². The van der Waals surface area contributed by atoms with Crippen molar-refractivity contribution in [3.63, 3.8) is 0 Å². The third-order valence-electron chi connectivity index (χ3n) is 3.57. The molecule has 0 bridgehead atoms. The number of rotatable bonds is 4. The zero-order valence-electron chi connectivity index (χ0n) is 14.0. The Labute approximate surface area is 153 Å². The lowest BCUT2D eigenvalue weighted by atomic mass is 10.1. The lowest BCUT2D eigenvalue weighted by Crippen LogP contribution is -2.21. The average molecular weight is 372 g/mol. The molecule has 2 amide bonds. The highest BCUT2D eigenvalue weighted by Crippen LogP contribution is 2.34. The van der Waals surface area contributed by atoms with E-state index in [4.69, 9.17) is 4.74 Å². The number of hydrogen-bond donors (Lipinski definition) is 2. The Bertz CT molecular complexity index is 911. The molecule has 3 rings (SSSR count). The van der Waals surface area contributed by atoms with Crippen molar-refractivity contribution in [1.29, 1.82) is 0 Å². The average Bonchev–Trinajstić information content (AvgIpc) is 2.64. The Morgan fingerprint density at radius 3 is 2.00 bits per heavy atom. The lowest BCUT2D eigenvalue weighted by molar-refractivity contribution is -0.136. The zero-order valence-corrected chi connectivity index (χ0v) is 14.0. The maximum atomic E-state index is 13.0. The van der Waals surface area contributed by atoms with Gasteiger partial charge in [-0.2, -0.15) is 13.2 Å². The highest BCUT2D eigenvalue weighted by molar-refractivity contribution is 6.00. The molecule has 0 aromatic heterocycles. The van der Waals surface area contributed by atoms with E-state index in [0.29, 0.717) is 17.2 Å². The summed E-state index contributed by atoms with van der Waals surface area (Å²) in [5.41, 5.74) is -0.810. The number of benzene rings is 3. The van der Waals surface area contributed by atoms with E-state index < -0.39 is 17.8 Å². The number of hydrogen-bond acceptors (Lipinski definition) is 2. The van der Waals surface area contributed by atoms with Crippen LogP contribution in [-0.2, 0) is 6.18 Å². The standard InChI is InChI=1S/C20H15F3N2O2/c21-20(22,23)17-8-4-5-9-18(17)25-19(26)24-14-10-12-16(13-11-14)27-15-6-2-1-3-7-15/h1-13H,(H2,24,25,26). The van der Waals surface area contributed by atoms with Gasteiger partial charge in [0.2, 0.25) is 0 Å². The van der Waals surface area contributed by atoms with E-state index in [1.54, 1.807) is 36.4 Å². The number of amides is 2. The number of alkyl halides is 3. The van der Waals surface area contributed by atoms with Crippen LogP contribution in [0.3, 0.4) is 0 Å². The van der Waals surface area contributed by atoms with Gasteiger partial charge in [-0.1, -0.05) is 30.3 Å². The second-order valence-corrected chi connectivity index (χ2v) is 5.56. The predicted molar refractivity (Wildman–Crippen MR) is 97.0 cm³/mol. The van der Waals surface area contributed by atoms with E-state index >= 15 is 0 Å². The molecule has 0 aliphatic rings. The third kappa shape index (κ3) is 5.01. The number of nitrogens with one attached hydrogen (secondary N) is 2.